The van der Waals surface area contributed by atoms with Crippen LogP contribution in [0, 0.1) is 0 Å². The van der Waals surface area contributed by atoms with E-state index < -0.39 is 31.0 Å². The van der Waals surface area contributed by atoms with E-state index >= 15 is 0 Å². The predicted molar refractivity (Wildman–Crippen MR) is 104 cm³/mol. The van der Waals surface area contributed by atoms with Gasteiger partial charge in [-0.3, -0.25) is 0 Å². The second-order valence-electron chi connectivity index (χ2n) is 6.79. The first-order chi connectivity index (χ1) is 14.5. The molecular formula is C21H20O9. The number of rotatable bonds is 5. The summed E-state index contributed by atoms with van der Waals surface area (Å²) in [5.41, 5.74) is 0.648. The van der Waals surface area contributed by atoms with Crippen LogP contribution in [0.1, 0.15) is 22.8 Å². The van der Waals surface area contributed by atoms with Gasteiger partial charge in [-0.1, -0.05) is 0 Å². The molecule has 2 atom stereocenters. The molecule has 0 bridgehead atoms. The zero-order valence-electron chi connectivity index (χ0n) is 16.0. The van der Waals surface area contributed by atoms with Crippen molar-refractivity contribution in [2.24, 2.45) is 0 Å². The number of hydrogen-bond acceptors (Lipinski definition) is 9. The molecule has 9 heteroatoms. The smallest absolute Gasteiger partial charge is 0.336 e. The monoisotopic (exact) mass is 416 g/mol. The third-order valence-electron chi connectivity index (χ3n) is 4.99. The lowest BCUT2D eigenvalue weighted by atomic mass is 9.98. The van der Waals surface area contributed by atoms with Crippen LogP contribution in [-0.4, -0.2) is 40.2 Å². The van der Waals surface area contributed by atoms with E-state index in [-0.39, 0.29) is 40.8 Å². The SMILES string of the molecule is COc1cc([C@H]2Oc3c(CO)cc4ccc(=O)oc4c3O[C@@H]2CO)cc(CO)c1O. The highest BCUT2D eigenvalue weighted by Crippen LogP contribution is 2.47. The lowest BCUT2D eigenvalue weighted by molar-refractivity contribution is -0.0133. The third-order valence-corrected chi connectivity index (χ3v) is 4.99. The lowest BCUT2D eigenvalue weighted by Crippen LogP contribution is -2.36. The van der Waals surface area contributed by atoms with Crippen LogP contribution in [0.4, 0.5) is 0 Å². The van der Waals surface area contributed by atoms with Crippen molar-refractivity contribution in [2.75, 3.05) is 13.7 Å². The van der Waals surface area contributed by atoms with Gasteiger partial charge in [0.2, 0.25) is 5.75 Å². The number of benzene rings is 2. The Hall–Kier alpha value is -3.27. The van der Waals surface area contributed by atoms with E-state index in [0.717, 1.165) is 0 Å². The Morgan fingerprint density at radius 1 is 1.00 bits per heavy atom. The molecule has 1 aliphatic heterocycles. The Kier molecular flexibility index (Phi) is 5.25. The van der Waals surface area contributed by atoms with Crippen molar-refractivity contribution in [3.8, 4) is 23.0 Å². The van der Waals surface area contributed by atoms with E-state index in [1.165, 1.54) is 25.3 Å². The Morgan fingerprint density at radius 2 is 1.77 bits per heavy atom. The molecule has 9 nitrogen and oxygen atoms in total. The fourth-order valence-corrected chi connectivity index (χ4v) is 3.54. The number of aliphatic hydroxyl groups is 3. The maximum Gasteiger partial charge on any atom is 0.336 e. The van der Waals surface area contributed by atoms with Crippen molar-refractivity contribution < 1.29 is 39.1 Å². The summed E-state index contributed by atoms with van der Waals surface area (Å²) in [5.74, 6) is 0.198. The van der Waals surface area contributed by atoms with Gasteiger partial charge < -0.3 is 39.1 Å². The standard InChI is InChI=1S/C21H20O9/c1-27-14-6-11(5-12(7-22)17(14)26)18-15(9-24)28-21-19-10(2-3-16(25)29-19)4-13(8-23)20(21)30-18/h2-6,15,18,22-24,26H,7-9H2,1H3/t15-,18-/m1/s1. The second-order valence-corrected chi connectivity index (χ2v) is 6.79. The van der Waals surface area contributed by atoms with Crippen LogP contribution in [0.25, 0.3) is 11.0 Å². The Bertz CT molecular complexity index is 1130. The molecule has 158 valence electrons. The molecule has 0 amide bonds. The third kappa shape index (κ3) is 3.22. The maximum atomic E-state index is 11.7. The van der Waals surface area contributed by atoms with Crippen LogP contribution in [0.2, 0.25) is 0 Å². The molecule has 0 unspecified atom stereocenters. The second kappa shape index (κ2) is 7.86. The Morgan fingerprint density at radius 3 is 2.43 bits per heavy atom. The molecule has 3 aromatic rings. The van der Waals surface area contributed by atoms with Crippen LogP contribution in [0.3, 0.4) is 0 Å². The van der Waals surface area contributed by atoms with Gasteiger partial charge >= 0.3 is 5.63 Å². The molecule has 30 heavy (non-hydrogen) atoms. The average Bonchev–Trinajstić information content (AvgIpc) is 2.77. The number of aliphatic hydroxyl groups excluding tert-OH is 3. The molecule has 4 N–H and O–H groups in total. The number of phenols is 1. The summed E-state index contributed by atoms with van der Waals surface area (Å²) in [5, 5.41) is 40.0. The molecule has 0 fully saturated rings. The number of aromatic hydroxyl groups is 1. The van der Waals surface area contributed by atoms with Gasteiger partial charge in [0.25, 0.3) is 0 Å². The zero-order chi connectivity index (χ0) is 21.4. The summed E-state index contributed by atoms with van der Waals surface area (Å²) in [6.45, 7) is -1.25. The Balaban J connectivity index is 1.89. The highest BCUT2D eigenvalue weighted by Gasteiger charge is 2.36. The first kappa shape index (κ1) is 20.0. The van der Waals surface area contributed by atoms with Gasteiger partial charge in [0.15, 0.2) is 35.0 Å². The minimum absolute atomic E-state index is 0.109. The minimum Gasteiger partial charge on any atom is -0.504 e. The van der Waals surface area contributed by atoms with Crippen molar-refractivity contribution in [1.82, 2.24) is 0 Å². The van der Waals surface area contributed by atoms with Crippen LogP contribution in [-0.2, 0) is 13.2 Å². The minimum atomic E-state index is -0.902. The van der Waals surface area contributed by atoms with E-state index in [2.05, 4.69) is 0 Å². The number of hydrogen-bond donors (Lipinski definition) is 4. The maximum absolute atomic E-state index is 11.7. The van der Waals surface area contributed by atoms with Crippen molar-refractivity contribution in [2.45, 2.75) is 25.4 Å². The summed E-state index contributed by atoms with van der Waals surface area (Å²) < 4.78 is 22.5. The number of methoxy groups -OCH3 is 1. The molecule has 1 aromatic heterocycles. The van der Waals surface area contributed by atoms with E-state index in [1.807, 2.05) is 0 Å². The van der Waals surface area contributed by atoms with Gasteiger partial charge in [-0.2, -0.15) is 0 Å². The van der Waals surface area contributed by atoms with Crippen LogP contribution >= 0.6 is 0 Å². The fraction of sp³-hybridized carbons (Fsp3) is 0.286. The molecule has 0 saturated heterocycles. The van der Waals surface area contributed by atoms with Crippen molar-refractivity contribution in [3.63, 3.8) is 0 Å². The predicted octanol–water partition coefficient (Wildman–Crippen LogP) is 1.37. The van der Waals surface area contributed by atoms with Gasteiger partial charge in [-0.15, -0.1) is 0 Å². The van der Waals surface area contributed by atoms with Crippen molar-refractivity contribution >= 4 is 11.0 Å². The quantitative estimate of drug-likeness (QED) is 0.454. The van der Waals surface area contributed by atoms with E-state index in [4.69, 9.17) is 18.6 Å². The first-order valence-electron chi connectivity index (χ1n) is 9.16. The highest BCUT2D eigenvalue weighted by atomic mass is 16.6. The molecule has 0 spiro atoms. The highest BCUT2D eigenvalue weighted by molar-refractivity contribution is 5.87. The Labute approximate surface area is 170 Å². The van der Waals surface area contributed by atoms with Gasteiger partial charge in [-0.05, 0) is 24.3 Å². The molecule has 0 radical (unpaired) electrons. The molecule has 2 aromatic carbocycles. The summed E-state index contributed by atoms with van der Waals surface area (Å²) in [4.78, 5) is 11.7. The molecule has 4 rings (SSSR count). The van der Waals surface area contributed by atoms with Gasteiger partial charge in [-0.25, -0.2) is 4.79 Å². The van der Waals surface area contributed by atoms with Gasteiger partial charge in [0, 0.05) is 28.1 Å². The first-order valence-corrected chi connectivity index (χ1v) is 9.16. The van der Waals surface area contributed by atoms with E-state index in [1.54, 1.807) is 12.1 Å². The molecule has 1 aliphatic rings. The molecular weight excluding hydrogens is 396 g/mol. The molecule has 2 heterocycles. The topological polar surface area (TPSA) is 139 Å². The summed E-state index contributed by atoms with van der Waals surface area (Å²) in [6.07, 6.45) is -1.76. The molecule has 0 aliphatic carbocycles. The average molecular weight is 416 g/mol. The summed E-state index contributed by atoms with van der Waals surface area (Å²) in [7, 11) is 1.37. The largest absolute Gasteiger partial charge is 0.504 e. The van der Waals surface area contributed by atoms with Crippen molar-refractivity contribution in [3.05, 3.63) is 57.4 Å². The van der Waals surface area contributed by atoms with E-state index in [9.17, 15) is 25.2 Å². The molecule has 0 saturated carbocycles. The van der Waals surface area contributed by atoms with E-state index in [0.29, 0.717) is 16.5 Å². The lowest BCUT2D eigenvalue weighted by Gasteiger charge is -2.34. The van der Waals surface area contributed by atoms with Crippen LogP contribution < -0.4 is 19.8 Å². The summed E-state index contributed by atoms with van der Waals surface area (Å²) >= 11 is 0. The van der Waals surface area contributed by atoms with Crippen molar-refractivity contribution in [1.29, 1.82) is 0 Å². The normalized spacial score (nSPS) is 17.9. The fourth-order valence-electron chi connectivity index (χ4n) is 3.54. The number of ether oxygens (including phenoxy) is 3. The van der Waals surface area contributed by atoms with Gasteiger partial charge in [0.1, 0.15) is 0 Å². The zero-order valence-corrected chi connectivity index (χ0v) is 16.0. The van der Waals surface area contributed by atoms with Crippen LogP contribution in [0.5, 0.6) is 23.0 Å². The van der Waals surface area contributed by atoms with Gasteiger partial charge in [0.05, 0.1) is 26.9 Å². The number of fused-ring (bicyclic) bond motifs is 3. The summed E-state index contributed by atoms with van der Waals surface area (Å²) in [6, 6.07) is 7.44. The van der Waals surface area contributed by atoms with Crippen LogP contribution in [0.15, 0.2) is 39.5 Å².